The lowest BCUT2D eigenvalue weighted by molar-refractivity contribution is -0.145. The first-order valence-corrected chi connectivity index (χ1v) is 10.1. The van der Waals surface area contributed by atoms with Crippen molar-refractivity contribution in [2.45, 2.75) is 19.4 Å². The highest BCUT2D eigenvalue weighted by atomic mass is 35.5. The number of carbonyl (C=O) groups is 3. The summed E-state index contributed by atoms with van der Waals surface area (Å²) >= 11 is 6.93. The summed E-state index contributed by atoms with van der Waals surface area (Å²) in [7, 11) is 1.43. The second kappa shape index (κ2) is 9.23. The summed E-state index contributed by atoms with van der Waals surface area (Å²) in [5, 5.41) is 9.03. The molecule has 1 fully saturated rings. The summed E-state index contributed by atoms with van der Waals surface area (Å²) in [5.74, 6) is -0.965. The molecule has 0 radical (unpaired) electrons. The van der Waals surface area contributed by atoms with E-state index in [9.17, 15) is 19.5 Å². The molecular weight excluding hydrogens is 430 g/mol. The van der Waals surface area contributed by atoms with Crippen LogP contribution in [0.3, 0.4) is 0 Å². The molecule has 2 aromatic carbocycles. The summed E-state index contributed by atoms with van der Waals surface area (Å²) in [5.41, 5.74) is 0.915. The van der Waals surface area contributed by atoms with Gasteiger partial charge in [-0.1, -0.05) is 36.7 Å². The van der Waals surface area contributed by atoms with E-state index in [0.29, 0.717) is 22.0 Å². The molecule has 0 aliphatic carbocycles. The van der Waals surface area contributed by atoms with Crippen molar-refractivity contribution >= 4 is 52.2 Å². The molecule has 1 heterocycles. The molecule has 9 heteroatoms. The van der Waals surface area contributed by atoms with Gasteiger partial charge in [-0.3, -0.25) is 9.59 Å². The molecule has 1 aliphatic heterocycles. The van der Waals surface area contributed by atoms with Crippen LogP contribution in [0.15, 0.2) is 47.4 Å². The Balaban J connectivity index is 1.88. The third-order valence-electron chi connectivity index (χ3n) is 4.29. The average Bonchev–Trinajstić information content (AvgIpc) is 3.00. The van der Waals surface area contributed by atoms with Gasteiger partial charge in [0.1, 0.15) is 0 Å². The number of para-hydroxylation sites is 1. The predicted octanol–water partition coefficient (Wildman–Crippen LogP) is 4.83. The van der Waals surface area contributed by atoms with Crippen LogP contribution in [0, 0.1) is 0 Å². The van der Waals surface area contributed by atoms with Crippen LogP contribution in [0.25, 0.3) is 6.08 Å². The number of imide groups is 1. The minimum absolute atomic E-state index is 0.229. The van der Waals surface area contributed by atoms with Crippen LogP contribution < -0.4 is 14.4 Å². The Labute approximate surface area is 182 Å². The molecule has 1 unspecified atom stereocenters. The van der Waals surface area contributed by atoms with Crippen LogP contribution in [-0.4, -0.2) is 35.4 Å². The molecule has 1 atom stereocenters. The van der Waals surface area contributed by atoms with Crippen molar-refractivity contribution in [3.63, 3.8) is 0 Å². The van der Waals surface area contributed by atoms with Crippen LogP contribution in [0.2, 0.25) is 5.02 Å². The molecule has 1 aliphatic rings. The Morgan fingerprint density at radius 2 is 1.97 bits per heavy atom. The van der Waals surface area contributed by atoms with Gasteiger partial charge >= 0.3 is 5.97 Å². The predicted molar refractivity (Wildman–Crippen MR) is 115 cm³/mol. The fourth-order valence-corrected chi connectivity index (χ4v) is 3.85. The molecule has 2 aromatic rings. The molecule has 0 saturated carbocycles. The Kier molecular flexibility index (Phi) is 6.69. The van der Waals surface area contributed by atoms with Crippen LogP contribution in [-0.2, 0) is 9.59 Å². The number of methoxy groups -OCH3 is 1. The number of nitrogens with zero attached hydrogens (tertiary/aromatic N) is 1. The second-order valence-corrected chi connectivity index (χ2v) is 7.63. The molecule has 0 aromatic heterocycles. The third-order valence-corrected chi connectivity index (χ3v) is 5.48. The van der Waals surface area contributed by atoms with E-state index in [1.54, 1.807) is 55.5 Å². The fraction of sp³-hybridized carbons (Fsp3) is 0.190. The topological polar surface area (TPSA) is 93.1 Å². The SMILES string of the molecule is CCC(Oc1ccc(/C=C2/SC(=O)N(c3ccccc3Cl)C2=O)cc1OC)C(=O)O. The van der Waals surface area contributed by atoms with Gasteiger partial charge in [0.2, 0.25) is 0 Å². The number of hydrogen-bond donors (Lipinski definition) is 1. The van der Waals surface area contributed by atoms with Crippen molar-refractivity contribution in [3.05, 3.63) is 58.0 Å². The van der Waals surface area contributed by atoms with E-state index in [4.69, 9.17) is 21.1 Å². The Morgan fingerprint density at radius 3 is 2.60 bits per heavy atom. The van der Waals surface area contributed by atoms with Gasteiger partial charge in [0.05, 0.1) is 22.7 Å². The maximum absolute atomic E-state index is 12.8. The molecule has 1 saturated heterocycles. The van der Waals surface area contributed by atoms with E-state index in [1.807, 2.05) is 0 Å². The van der Waals surface area contributed by atoms with Gasteiger partial charge in [-0.05, 0) is 54.1 Å². The number of ether oxygens (including phenoxy) is 2. The number of rotatable bonds is 7. The van der Waals surface area contributed by atoms with Crippen LogP contribution >= 0.6 is 23.4 Å². The number of thioether (sulfide) groups is 1. The summed E-state index contributed by atoms with van der Waals surface area (Å²) < 4.78 is 10.8. The molecule has 2 amide bonds. The number of carboxylic acid groups (broad SMARTS) is 1. The van der Waals surface area contributed by atoms with E-state index in [0.717, 1.165) is 16.7 Å². The van der Waals surface area contributed by atoms with Crippen LogP contribution in [0.1, 0.15) is 18.9 Å². The van der Waals surface area contributed by atoms with Crippen molar-refractivity contribution in [2.24, 2.45) is 0 Å². The lowest BCUT2D eigenvalue weighted by Crippen LogP contribution is -2.27. The van der Waals surface area contributed by atoms with Gasteiger partial charge in [-0.15, -0.1) is 0 Å². The second-order valence-electron chi connectivity index (χ2n) is 6.23. The molecule has 30 heavy (non-hydrogen) atoms. The average molecular weight is 448 g/mol. The first-order valence-electron chi connectivity index (χ1n) is 8.95. The first kappa shape index (κ1) is 21.7. The highest BCUT2D eigenvalue weighted by Gasteiger charge is 2.37. The van der Waals surface area contributed by atoms with Crippen LogP contribution in [0.4, 0.5) is 10.5 Å². The van der Waals surface area contributed by atoms with E-state index in [2.05, 4.69) is 0 Å². The Hall–Kier alpha value is -2.97. The molecule has 156 valence electrons. The standard InChI is InChI=1S/C21H18ClNO6S/c1-3-15(20(25)26)29-16-9-8-12(10-17(16)28-2)11-18-19(24)23(21(27)30-18)14-7-5-4-6-13(14)22/h4-11,15H,3H2,1-2H3,(H,25,26)/b18-11+. The maximum atomic E-state index is 12.8. The summed E-state index contributed by atoms with van der Waals surface area (Å²) in [4.78, 5) is 37.7. The van der Waals surface area contributed by atoms with E-state index >= 15 is 0 Å². The minimum Gasteiger partial charge on any atom is -0.493 e. The lowest BCUT2D eigenvalue weighted by Gasteiger charge is -2.16. The molecular formula is C21H18ClNO6S. The largest absolute Gasteiger partial charge is 0.493 e. The number of anilines is 1. The van der Waals surface area contributed by atoms with Crippen molar-refractivity contribution in [1.82, 2.24) is 0 Å². The summed E-state index contributed by atoms with van der Waals surface area (Å²) in [6, 6.07) is 11.4. The number of benzene rings is 2. The normalized spacial score (nSPS) is 16.1. The monoisotopic (exact) mass is 447 g/mol. The first-order chi connectivity index (χ1) is 14.3. The van der Waals surface area contributed by atoms with E-state index < -0.39 is 23.2 Å². The van der Waals surface area contributed by atoms with Gasteiger partial charge in [0.15, 0.2) is 17.6 Å². The molecule has 7 nitrogen and oxygen atoms in total. The van der Waals surface area contributed by atoms with Gasteiger partial charge in [-0.2, -0.15) is 0 Å². The number of hydrogen-bond acceptors (Lipinski definition) is 6. The minimum atomic E-state index is -1.07. The van der Waals surface area contributed by atoms with Crippen molar-refractivity contribution in [1.29, 1.82) is 0 Å². The van der Waals surface area contributed by atoms with Gasteiger partial charge in [-0.25, -0.2) is 9.69 Å². The number of carboxylic acids is 1. The van der Waals surface area contributed by atoms with Crippen molar-refractivity contribution in [2.75, 3.05) is 12.0 Å². The smallest absolute Gasteiger partial charge is 0.344 e. The highest BCUT2D eigenvalue weighted by molar-refractivity contribution is 8.19. The zero-order valence-corrected chi connectivity index (χ0v) is 17.7. The van der Waals surface area contributed by atoms with Gasteiger partial charge in [0, 0.05) is 0 Å². The Morgan fingerprint density at radius 1 is 1.23 bits per heavy atom. The summed E-state index contributed by atoms with van der Waals surface area (Å²) in [6.45, 7) is 1.70. The number of halogens is 1. The lowest BCUT2D eigenvalue weighted by atomic mass is 10.1. The Bertz CT molecular complexity index is 1040. The van der Waals surface area contributed by atoms with Crippen LogP contribution in [0.5, 0.6) is 11.5 Å². The van der Waals surface area contributed by atoms with E-state index in [1.165, 1.54) is 7.11 Å². The molecule has 1 N–H and O–H groups in total. The van der Waals surface area contributed by atoms with Crippen molar-refractivity contribution in [3.8, 4) is 11.5 Å². The third kappa shape index (κ3) is 4.44. The molecule has 0 spiro atoms. The molecule has 0 bridgehead atoms. The zero-order valence-electron chi connectivity index (χ0n) is 16.1. The highest BCUT2D eigenvalue weighted by Crippen LogP contribution is 2.39. The zero-order chi connectivity index (χ0) is 21.8. The van der Waals surface area contributed by atoms with Gasteiger partial charge < -0.3 is 14.6 Å². The fourth-order valence-electron chi connectivity index (χ4n) is 2.79. The molecule has 3 rings (SSSR count). The van der Waals surface area contributed by atoms with E-state index in [-0.39, 0.29) is 17.1 Å². The maximum Gasteiger partial charge on any atom is 0.344 e. The number of aliphatic carboxylic acids is 1. The summed E-state index contributed by atoms with van der Waals surface area (Å²) in [6.07, 6.45) is 0.842. The quantitative estimate of drug-likeness (QED) is 0.607. The number of carbonyl (C=O) groups excluding carboxylic acids is 2. The van der Waals surface area contributed by atoms with Crippen molar-refractivity contribution < 1.29 is 29.0 Å². The number of amides is 2. The van der Waals surface area contributed by atoms with Gasteiger partial charge in [0.25, 0.3) is 11.1 Å².